The van der Waals surface area contributed by atoms with E-state index < -0.39 is 22.2 Å². The van der Waals surface area contributed by atoms with Gasteiger partial charge in [-0.25, -0.2) is 13.1 Å². The van der Waals surface area contributed by atoms with Crippen molar-refractivity contribution in [1.82, 2.24) is 10.0 Å². The Bertz CT molecular complexity index is 566. The number of amides is 1. The van der Waals surface area contributed by atoms with Gasteiger partial charge in [0.2, 0.25) is 15.9 Å². The van der Waals surface area contributed by atoms with Crippen LogP contribution in [0, 0.1) is 0 Å². The standard InChI is InChI=1S/C12H16N2O4S/c1-8(15)9-2-4-11(5-3-9)19(17,18)14-10-6-12(16)13-7-10/h2-5,8,10,14-15H,6-7H2,1H3,(H,13,16). The van der Waals surface area contributed by atoms with Crippen LogP contribution in [-0.2, 0) is 14.8 Å². The van der Waals surface area contributed by atoms with Crippen LogP contribution in [0.1, 0.15) is 25.0 Å². The highest BCUT2D eigenvalue weighted by Gasteiger charge is 2.26. The Hall–Kier alpha value is -1.44. The number of carbonyl (C=O) groups excluding carboxylic acids is 1. The van der Waals surface area contributed by atoms with Crippen molar-refractivity contribution in [3.05, 3.63) is 29.8 Å². The third-order valence-corrected chi connectivity index (χ3v) is 4.51. The summed E-state index contributed by atoms with van der Waals surface area (Å²) < 4.78 is 26.6. The van der Waals surface area contributed by atoms with Gasteiger partial charge < -0.3 is 10.4 Å². The second-order valence-corrected chi connectivity index (χ2v) is 6.29. The first kappa shape index (κ1) is 14.0. The molecule has 1 amide bonds. The van der Waals surface area contributed by atoms with Crippen LogP contribution in [0.15, 0.2) is 29.2 Å². The van der Waals surface area contributed by atoms with Gasteiger partial charge in [0.05, 0.1) is 11.0 Å². The van der Waals surface area contributed by atoms with Crippen molar-refractivity contribution in [2.24, 2.45) is 0 Å². The van der Waals surface area contributed by atoms with Crippen LogP contribution in [-0.4, -0.2) is 32.0 Å². The van der Waals surface area contributed by atoms with Crippen molar-refractivity contribution in [3.8, 4) is 0 Å². The van der Waals surface area contributed by atoms with Gasteiger partial charge in [-0.2, -0.15) is 0 Å². The molecule has 0 aliphatic carbocycles. The Kier molecular flexibility index (Phi) is 3.88. The molecule has 1 aromatic carbocycles. The molecular formula is C12H16N2O4S. The molecule has 3 N–H and O–H groups in total. The van der Waals surface area contributed by atoms with E-state index >= 15 is 0 Å². The van der Waals surface area contributed by atoms with Gasteiger partial charge in [0.15, 0.2) is 0 Å². The molecule has 2 atom stereocenters. The molecule has 1 aliphatic rings. The number of sulfonamides is 1. The number of aliphatic hydroxyl groups excluding tert-OH is 1. The van der Waals surface area contributed by atoms with Crippen LogP contribution < -0.4 is 10.0 Å². The molecule has 1 aliphatic heterocycles. The van der Waals surface area contributed by atoms with Gasteiger partial charge in [-0.05, 0) is 24.6 Å². The molecule has 0 saturated carbocycles. The Morgan fingerprint density at radius 1 is 1.37 bits per heavy atom. The van der Waals surface area contributed by atoms with E-state index in [0.717, 1.165) is 0 Å². The molecular weight excluding hydrogens is 268 g/mol. The number of carbonyl (C=O) groups is 1. The fraction of sp³-hybridized carbons (Fsp3) is 0.417. The second-order valence-electron chi connectivity index (χ2n) is 4.57. The average Bonchev–Trinajstić information content (AvgIpc) is 2.74. The summed E-state index contributed by atoms with van der Waals surface area (Å²) in [6.07, 6.45) is -0.480. The molecule has 0 bridgehead atoms. The zero-order chi connectivity index (χ0) is 14.0. The summed E-state index contributed by atoms with van der Waals surface area (Å²) in [4.78, 5) is 11.1. The maximum absolute atomic E-state index is 12.1. The molecule has 19 heavy (non-hydrogen) atoms. The zero-order valence-corrected chi connectivity index (χ0v) is 11.3. The third-order valence-electron chi connectivity index (χ3n) is 2.97. The predicted octanol–water partition coefficient (Wildman–Crippen LogP) is -0.0933. The summed E-state index contributed by atoms with van der Waals surface area (Å²) in [7, 11) is -3.63. The van der Waals surface area contributed by atoms with E-state index in [0.29, 0.717) is 12.1 Å². The van der Waals surface area contributed by atoms with Gasteiger partial charge in [0, 0.05) is 19.0 Å². The zero-order valence-electron chi connectivity index (χ0n) is 10.5. The van der Waals surface area contributed by atoms with Crippen LogP contribution in [0.3, 0.4) is 0 Å². The van der Waals surface area contributed by atoms with E-state index in [2.05, 4.69) is 10.0 Å². The molecule has 1 aromatic rings. The quantitative estimate of drug-likeness (QED) is 0.720. The Labute approximate surface area is 111 Å². The molecule has 104 valence electrons. The first-order valence-corrected chi connectivity index (χ1v) is 7.44. The molecule has 2 rings (SSSR count). The first-order chi connectivity index (χ1) is 8.88. The molecule has 7 heteroatoms. The van der Waals surface area contributed by atoms with Crippen LogP contribution >= 0.6 is 0 Å². The molecule has 1 heterocycles. The summed E-state index contributed by atoms with van der Waals surface area (Å²) in [5.74, 6) is -0.155. The molecule has 2 unspecified atom stereocenters. The smallest absolute Gasteiger partial charge is 0.240 e. The Morgan fingerprint density at radius 2 is 2.00 bits per heavy atom. The van der Waals surface area contributed by atoms with Crippen LogP contribution in [0.5, 0.6) is 0 Å². The summed E-state index contributed by atoms with van der Waals surface area (Å²) in [5.41, 5.74) is 0.650. The van der Waals surface area contributed by atoms with E-state index in [1.54, 1.807) is 19.1 Å². The van der Waals surface area contributed by atoms with Crippen LogP contribution in [0.4, 0.5) is 0 Å². The summed E-state index contributed by atoms with van der Waals surface area (Å²) in [6.45, 7) is 1.92. The van der Waals surface area contributed by atoms with E-state index in [-0.39, 0.29) is 17.2 Å². The minimum absolute atomic E-state index is 0.122. The molecule has 6 nitrogen and oxygen atoms in total. The number of hydrogen-bond acceptors (Lipinski definition) is 4. The molecule has 0 spiro atoms. The Morgan fingerprint density at radius 3 is 2.47 bits per heavy atom. The van der Waals surface area contributed by atoms with Crippen molar-refractivity contribution >= 4 is 15.9 Å². The fourth-order valence-corrected chi connectivity index (χ4v) is 3.14. The van der Waals surface area contributed by atoms with Crippen molar-refractivity contribution < 1.29 is 18.3 Å². The van der Waals surface area contributed by atoms with E-state index in [1.165, 1.54) is 12.1 Å². The van der Waals surface area contributed by atoms with Crippen molar-refractivity contribution in [2.45, 2.75) is 30.4 Å². The minimum Gasteiger partial charge on any atom is -0.389 e. The predicted molar refractivity (Wildman–Crippen MR) is 68.8 cm³/mol. The largest absolute Gasteiger partial charge is 0.389 e. The molecule has 1 fully saturated rings. The van der Waals surface area contributed by atoms with Crippen molar-refractivity contribution in [3.63, 3.8) is 0 Å². The molecule has 0 radical (unpaired) electrons. The topological polar surface area (TPSA) is 95.5 Å². The summed E-state index contributed by atoms with van der Waals surface area (Å²) >= 11 is 0. The van der Waals surface area contributed by atoms with Crippen molar-refractivity contribution in [2.75, 3.05) is 6.54 Å². The maximum atomic E-state index is 12.1. The number of nitrogens with one attached hydrogen (secondary N) is 2. The highest BCUT2D eigenvalue weighted by Crippen LogP contribution is 2.16. The van der Waals surface area contributed by atoms with Crippen LogP contribution in [0.25, 0.3) is 0 Å². The lowest BCUT2D eigenvalue weighted by Gasteiger charge is -2.12. The lowest BCUT2D eigenvalue weighted by Crippen LogP contribution is -2.36. The van der Waals surface area contributed by atoms with E-state index in [1.807, 2.05) is 0 Å². The minimum atomic E-state index is -3.63. The third kappa shape index (κ3) is 3.31. The number of rotatable bonds is 4. The SMILES string of the molecule is CC(O)c1ccc(S(=O)(=O)NC2CNC(=O)C2)cc1. The van der Waals surface area contributed by atoms with Gasteiger partial charge in [0.25, 0.3) is 0 Å². The van der Waals surface area contributed by atoms with Crippen LogP contribution in [0.2, 0.25) is 0 Å². The van der Waals surface area contributed by atoms with Gasteiger partial charge in [-0.1, -0.05) is 12.1 Å². The number of hydrogen-bond donors (Lipinski definition) is 3. The lowest BCUT2D eigenvalue weighted by atomic mass is 10.1. The summed E-state index contributed by atoms with van der Waals surface area (Å²) in [6, 6.07) is 5.60. The molecule has 0 aromatic heterocycles. The highest BCUT2D eigenvalue weighted by molar-refractivity contribution is 7.89. The van der Waals surface area contributed by atoms with Gasteiger partial charge in [-0.3, -0.25) is 4.79 Å². The van der Waals surface area contributed by atoms with E-state index in [9.17, 15) is 18.3 Å². The van der Waals surface area contributed by atoms with Crippen molar-refractivity contribution in [1.29, 1.82) is 0 Å². The average molecular weight is 284 g/mol. The Balaban J connectivity index is 2.13. The normalized spacial score (nSPS) is 21.2. The fourth-order valence-electron chi connectivity index (χ4n) is 1.90. The summed E-state index contributed by atoms with van der Waals surface area (Å²) in [5, 5.41) is 11.9. The maximum Gasteiger partial charge on any atom is 0.240 e. The molecule has 1 saturated heterocycles. The highest BCUT2D eigenvalue weighted by atomic mass is 32.2. The monoisotopic (exact) mass is 284 g/mol. The number of benzene rings is 1. The van der Waals surface area contributed by atoms with Gasteiger partial charge in [0.1, 0.15) is 0 Å². The second kappa shape index (κ2) is 5.28. The number of aliphatic hydroxyl groups is 1. The first-order valence-electron chi connectivity index (χ1n) is 5.95. The van der Waals surface area contributed by atoms with Gasteiger partial charge >= 0.3 is 0 Å². The van der Waals surface area contributed by atoms with E-state index in [4.69, 9.17) is 0 Å². The van der Waals surface area contributed by atoms with Gasteiger partial charge in [-0.15, -0.1) is 0 Å². The lowest BCUT2D eigenvalue weighted by molar-refractivity contribution is -0.119.